The topological polar surface area (TPSA) is 17.0 Å². The lowest BCUT2D eigenvalue weighted by molar-refractivity contribution is 0.333. The Morgan fingerprint density at radius 3 is 2.53 bits per heavy atom. The molecule has 1 N–H and O–H groups in total. The molecule has 19 heavy (non-hydrogen) atoms. The molecule has 0 saturated carbocycles. The molecular weight excluding hydrogens is 232 g/mol. The maximum atomic E-state index is 3.45. The number of aryl methyl sites for hydroxylation is 1. The summed E-state index contributed by atoms with van der Waals surface area (Å²) in [4.78, 5) is 0. The van der Waals surface area contributed by atoms with Gasteiger partial charge in [-0.1, -0.05) is 30.3 Å². The van der Waals surface area contributed by atoms with Crippen LogP contribution in [0.5, 0.6) is 0 Å². The van der Waals surface area contributed by atoms with Gasteiger partial charge in [-0.2, -0.15) is 0 Å². The van der Waals surface area contributed by atoms with Gasteiger partial charge < -0.3 is 9.88 Å². The lowest BCUT2D eigenvalue weighted by Gasteiger charge is -2.25. The normalized spacial score (nSPS) is 16.7. The van der Waals surface area contributed by atoms with Crippen LogP contribution in [0.2, 0.25) is 0 Å². The van der Waals surface area contributed by atoms with Crippen molar-refractivity contribution >= 4 is 0 Å². The average Bonchev–Trinajstić information content (AvgIpc) is 2.82. The van der Waals surface area contributed by atoms with E-state index >= 15 is 0 Å². The van der Waals surface area contributed by atoms with Crippen molar-refractivity contribution in [3.8, 4) is 11.3 Å². The number of aromatic nitrogens is 1. The summed E-state index contributed by atoms with van der Waals surface area (Å²) in [6.07, 6.45) is 2.59. The maximum absolute atomic E-state index is 3.45. The van der Waals surface area contributed by atoms with Crippen LogP contribution < -0.4 is 5.32 Å². The number of nitrogens with one attached hydrogen (secondary N) is 1. The van der Waals surface area contributed by atoms with Gasteiger partial charge in [0.25, 0.3) is 0 Å². The second-order valence-electron chi connectivity index (χ2n) is 5.53. The Hall–Kier alpha value is -1.54. The molecular formula is C17H22N2. The number of piperidine rings is 1. The Kier molecular flexibility index (Phi) is 3.69. The molecule has 0 bridgehead atoms. The molecule has 1 saturated heterocycles. The summed E-state index contributed by atoms with van der Waals surface area (Å²) >= 11 is 0. The number of nitrogens with zero attached hydrogens (tertiary/aromatic N) is 1. The van der Waals surface area contributed by atoms with Crippen molar-refractivity contribution in [3.63, 3.8) is 0 Å². The molecule has 1 aromatic carbocycles. The monoisotopic (exact) mass is 254 g/mol. The van der Waals surface area contributed by atoms with Crippen molar-refractivity contribution in [3.05, 3.63) is 48.2 Å². The summed E-state index contributed by atoms with van der Waals surface area (Å²) in [6.45, 7) is 5.72. The molecule has 0 aliphatic carbocycles. The van der Waals surface area contributed by atoms with Crippen LogP contribution in [0.25, 0.3) is 11.3 Å². The van der Waals surface area contributed by atoms with Gasteiger partial charge in [-0.05, 0) is 56.5 Å². The van der Waals surface area contributed by atoms with E-state index in [1.54, 1.807) is 0 Å². The fraction of sp³-hybridized carbons (Fsp3) is 0.412. The van der Waals surface area contributed by atoms with E-state index in [2.05, 4.69) is 59.3 Å². The number of hydrogen-bond donors (Lipinski definition) is 1. The van der Waals surface area contributed by atoms with Crippen LogP contribution in [0.1, 0.15) is 18.5 Å². The molecule has 0 amide bonds. The third kappa shape index (κ3) is 2.74. The summed E-state index contributed by atoms with van der Waals surface area (Å²) in [6, 6.07) is 15.2. The maximum Gasteiger partial charge on any atom is 0.0482 e. The fourth-order valence-corrected chi connectivity index (χ4v) is 3.00. The quantitative estimate of drug-likeness (QED) is 0.887. The third-order valence-electron chi connectivity index (χ3n) is 4.17. The van der Waals surface area contributed by atoms with Gasteiger partial charge in [0, 0.05) is 17.9 Å². The molecule has 2 heteroatoms. The fourth-order valence-electron chi connectivity index (χ4n) is 3.00. The smallest absolute Gasteiger partial charge is 0.0482 e. The largest absolute Gasteiger partial charge is 0.345 e. The molecule has 0 radical (unpaired) electrons. The minimum Gasteiger partial charge on any atom is -0.345 e. The second-order valence-corrected chi connectivity index (χ2v) is 5.53. The van der Waals surface area contributed by atoms with E-state index in [1.165, 1.54) is 42.9 Å². The van der Waals surface area contributed by atoms with Crippen molar-refractivity contribution in [2.24, 2.45) is 5.92 Å². The molecule has 1 fully saturated rings. The van der Waals surface area contributed by atoms with Crippen LogP contribution in [-0.4, -0.2) is 17.7 Å². The van der Waals surface area contributed by atoms with Gasteiger partial charge in [-0.25, -0.2) is 0 Å². The minimum absolute atomic E-state index is 0.815. The first-order valence-electron chi connectivity index (χ1n) is 7.27. The highest BCUT2D eigenvalue weighted by Gasteiger charge is 2.16. The van der Waals surface area contributed by atoms with Crippen molar-refractivity contribution in [1.29, 1.82) is 0 Å². The van der Waals surface area contributed by atoms with Gasteiger partial charge in [0.2, 0.25) is 0 Å². The molecule has 2 nitrogen and oxygen atoms in total. The molecule has 0 atom stereocenters. The number of rotatable bonds is 3. The lowest BCUT2D eigenvalue weighted by Crippen LogP contribution is -2.30. The molecule has 2 aromatic rings. The zero-order chi connectivity index (χ0) is 13.1. The first-order chi connectivity index (χ1) is 9.34. The van der Waals surface area contributed by atoms with E-state index < -0.39 is 0 Å². The molecule has 0 spiro atoms. The Morgan fingerprint density at radius 2 is 1.79 bits per heavy atom. The van der Waals surface area contributed by atoms with Gasteiger partial charge in [0.1, 0.15) is 0 Å². The van der Waals surface area contributed by atoms with Crippen LogP contribution in [0.3, 0.4) is 0 Å². The summed E-state index contributed by atoms with van der Waals surface area (Å²) in [7, 11) is 0. The van der Waals surface area contributed by atoms with E-state index in [0.717, 1.165) is 12.5 Å². The van der Waals surface area contributed by atoms with Crippen LogP contribution in [0.15, 0.2) is 42.5 Å². The summed E-state index contributed by atoms with van der Waals surface area (Å²) in [5.74, 6) is 0.815. The van der Waals surface area contributed by atoms with Crippen LogP contribution in [0, 0.1) is 12.8 Å². The van der Waals surface area contributed by atoms with E-state index in [9.17, 15) is 0 Å². The Labute approximate surface area is 115 Å². The second kappa shape index (κ2) is 5.62. The SMILES string of the molecule is Cc1ccc(-c2ccccc2)n1CC1CCNCC1. The lowest BCUT2D eigenvalue weighted by atomic mass is 9.98. The highest BCUT2D eigenvalue weighted by atomic mass is 15.0. The number of benzene rings is 1. The van der Waals surface area contributed by atoms with E-state index in [1.807, 2.05) is 0 Å². The predicted octanol–water partition coefficient (Wildman–Crippen LogP) is 3.46. The molecule has 0 unspecified atom stereocenters. The minimum atomic E-state index is 0.815. The molecule has 3 rings (SSSR count). The highest BCUT2D eigenvalue weighted by Crippen LogP contribution is 2.25. The van der Waals surface area contributed by atoms with Crippen molar-refractivity contribution < 1.29 is 0 Å². The average molecular weight is 254 g/mol. The van der Waals surface area contributed by atoms with E-state index in [4.69, 9.17) is 0 Å². The van der Waals surface area contributed by atoms with Crippen LogP contribution >= 0.6 is 0 Å². The highest BCUT2D eigenvalue weighted by molar-refractivity contribution is 5.60. The molecule has 100 valence electrons. The summed E-state index contributed by atoms with van der Waals surface area (Å²) < 4.78 is 2.49. The third-order valence-corrected chi connectivity index (χ3v) is 4.17. The zero-order valence-electron chi connectivity index (χ0n) is 11.6. The van der Waals surface area contributed by atoms with Crippen LogP contribution in [-0.2, 0) is 6.54 Å². The first kappa shape index (κ1) is 12.5. The van der Waals surface area contributed by atoms with Gasteiger partial charge in [0.05, 0.1) is 0 Å². The summed E-state index contributed by atoms with van der Waals surface area (Å²) in [5, 5.41) is 3.45. The van der Waals surface area contributed by atoms with E-state index in [0.29, 0.717) is 0 Å². The van der Waals surface area contributed by atoms with Gasteiger partial charge in [-0.3, -0.25) is 0 Å². The molecule has 1 aromatic heterocycles. The van der Waals surface area contributed by atoms with Crippen molar-refractivity contribution in [2.45, 2.75) is 26.3 Å². The Balaban J connectivity index is 1.86. The molecule has 1 aliphatic rings. The van der Waals surface area contributed by atoms with Crippen molar-refractivity contribution in [2.75, 3.05) is 13.1 Å². The van der Waals surface area contributed by atoms with Gasteiger partial charge in [-0.15, -0.1) is 0 Å². The van der Waals surface area contributed by atoms with Gasteiger partial charge in [0.15, 0.2) is 0 Å². The van der Waals surface area contributed by atoms with Crippen molar-refractivity contribution in [1.82, 2.24) is 9.88 Å². The summed E-state index contributed by atoms with van der Waals surface area (Å²) in [5.41, 5.74) is 4.05. The standard InChI is InChI=1S/C17H22N2/c1-14-7-8-17(16-5-3-2-4-6-16)19(14)13-15-9-11-18-12-10-15/h2-8,15,18H,9-13H2,1H3. The predicted molar refractivity (Wildman–Crippen MR) is 80.2 cm³/mol. The Bertz CT molecular complexity index is 521. The van der Waals surface area contributed by atoms with E-state index in [-0.39, 0.29) is 0 Å². The zero-order valence-corrected chi connectivity index (χ0v) is 11.6. The van der Waals surface area contributed by atoms with Crippen LogP contribution in [0.4, 0.5) is 0 Å². The number of hydrogen-bond acceptors (Lipinski definition) is 1. The molecule has 1 aliphatic heterocycles. The molecule has 2 heterocycles. The first-order valence-corrected chi connectivity index (χ1v) is 7.27. The Morgan fingerprint density at radius 1 is 1.05 bits per heavy atom. The van der Waals surface area contributed by atoms with Gasteiger partial charge >= 0.3 is 0 Å².